The first-order valence-corrected chi connectivity index (χ1v) is 9.70. The van der Waals surface area contributed by atoms with Gasteiger partial charge in [-0.1, -0.05) is 6.17 Å². The van der Waals surface area contributed by atoms with Crippen LogP contribution in [0.5, 0.6) is 0 Å². The maximum Gasteiger partial charge on any atom is 0.226 e. The SMILES string of the molecule is NC1[N-]N2CC(F)CNC2C1C(=O)NC1CNCCC1C1CCNNC1. The molecule has 4 saturated heterocycles. The topological polar surface area (TPSA) is 121 Å². The van der Waals surface area contributed by atoms with E-state index in [9.17, 15) is 9.18 Å². The maximum absolute atomic E-state index is 13.6. The first kappa shape index (κ1) is 18.5. The van der Waals surface area contributed by atoms with Gasteiger partial charge in [-0.25, -0.2) is 4.39 Å². The number of fused-ring (bicyclic) bond motifs is 1. The third-order valence-electron chi connectivity index (χ3n) is 6.15. The Balaban J connectivity index is 1.41. The number of rotatable bonds is 3. The molecule has 0 aromatic heterocycles. The van der Waals surface area contributed by atoms with E-state index in [0.717, 1.165) is 39.0 Å². The average Bonchev–Trinajstić information content (AvgIpc) is 2.97. The number of carbonyl (C=O) groups is 1. The van der Waals surface area contributed by atoms with Gasteiger partial charge in [0.1, 0.15) is 6.17 Å². The van der Waals surface area contributed by atoms with E-state index < -0.39 is 18.3 Å². The molecule has 1 amide bonds. The van der Waals surface area contributed by atoms with E-state index in [0.29, 0.717) is 11.8 Å². The number of nitrogens with one attached hydrogen (secondary N) is 5. The van der Waals surface area contributed by atoms with Crippen molar-refractivity contribution in [3.05, 3.63) is 5.43 Å². The molecular weight excluding hydrogens is 339 g/mol. The highest BCUT2D eigenvalue weighted by Crippen LogP contribution is 2.32. The number of alkyl halides is 1. The number of hydrogen-bond acceptors (Lipinski definition) is 7. The molecule has 0 aliphatic carbocycles. The molecule has 0 aromatic rings. The molecule has 0 saturated carbocycles. The Morgan fingerprint density at radius 3 is 2.88 bits per heavy atom. The number of hydrogen-bond donors (Lipinski definition) is 6. The van der Waals surface area contributed by atoms with Gasteiger partial charge in [0, 0.05) is 38.8 Å². The summed E-state index contributed by atoms with van der Waals surface area (Å²) in [6.07, 6.45) is 0.234. The van der Waals surface area contributed by atoms with Crippen molar-refractivity contribution in [1.29, 1.82) is 0 Å². The third-order valence-corrected chi connectivity index (χ3v) is 6.15. The number of nitrogens with two attached hydrogens (primary N) is 1. The summed E-state index contributed by atoms with van der Waals surface area (Å²) in [5.41, 5.74) is 16.8. The predicted octanol–water partition coefficient (Wildman–Crippen LogP) is -2.03. The van der Waals surface area contributed by atoms with E-state index in [2.05, 4.69) is 32.2 Å². The van der Waals surface area contributed by atoms with E-state index in [1.165, 1.54) is 0 Å². The standard InChI is InChI=1S/C16H30FN8O/c17-10-6-20-15-13(14(18)24-25(15)8-10)16(26)23-12-7-19-3-2-11(12)9-1-4-21-22-5-9/h9-15,19-22H,1-8,18H2,(H,23,26)/q-1. The minimum absolute atomic E-state index is 0.0833. The number of halogens is 1. The van der Waals surface area contributed by atoms with Crippen LogP contribution in [-0.2, 0) is 4.79 Å². The van der Waals surface area contributed by atoms with Crippen LogP contribution < -0.4 is 32.5 Å². The summed E-state index contributed by atoms with van der Waals surface area (Å²) >= 11 is 0. The first-order chi connectivity index (χ1) is 12.6. The number of amides is 1. The molecule has 26 heavy (non-hydrogen) atoms. The highest BCUT2D eigenvalue weighted by Gasteiger charge is 2.42. The van der Waals surface area contributed by atoms with Crippen molar-refractivity contribution in [2.24, 2.45) is 23.5 Å². The summed E-state index contributed by atoms with van der Waals surface area (Å²) in [5, 5.41) is 11.3. The molecule has 0 radical (unpaired) electrons. The van der Waals surface area contributed by atoms with Gasteiger partial charge in [0.25, 0.3) is 0 Å². The minimum Gasteiger partial charge on any atom is -0.578 e. The summed E-state index contributed by atoms with van der Waals surface area (Å²) in [6.45, 7) is 4.06. The lowest BCUT2D eigenvalue weighted by Gasteiger charge is -2.42. The van der Waals surface area contributed by atoms with Gasteiger partial charge in [0.2, 0.25) is 5.91 Å². The van der Waals surface area contributed by atoms with Crippen LogP contribution in [0.4, 0.5) is 4.39 Å². The summed E-state index contributed by atoms with van der Waals surface area (Å²) in [4.78, 5) is 13.0. The van der Waals surface area contributed by atoms with Crippen molar-refractivity contribution in [3.63, 3.8) is 0 Å². The number of nitrogens with zero attached hydrogens (tertiary/aromatic N) is 2. The first-order valence-electron chi connectivity index (χ1n) is 9.70. The van der Waals surface area contributed by atoms with Crippen molar-refractivity contribution in [2.75, 3.05) is 39.3 Å². The number of hydrazine groups is 1. The van der Waals surface area contributed by atoms with E-state index in [-0.39, 0.29) is 31.2 Å². The van der Waals surface area contributed by atoms with E-state index in [1.54, 1.807) is 5.01 Å². The molecule has 4 heterocycles. The van der Waals surface area contributed by atoms with Crippen LogP contribution >= 0.6 is 0 Å². The summed E-state index contributed by atoms with van der Waals surface area (Å²) in [7, 11) is 0. The van der Waals surface area contributed by atoms with E-state index >= 15 is 0 Å². The quantitative estimate of drug-likeness (QED) is 0.339. The fourth-order valence-corrected chi connectivity index (χ4v) is 4.79. The second-order valence-corrected chi connectivity index (χ2v) is 7.83. The van der Waals surface area contributed by atoms with Gasteiger partial charge in [0.05, 0.1) is 12.1 Å². The zero-order valence-corrected chi connectivity index (χ0v) is 15.0. The lowest BCUT2D eigenvalue weighted by Crippen LogP contribution is -2.61. The molecule has 4 aliphatic rings. The molecule has 0 bridgehead atoms. The Kier molecular flexibility index (Phi) is 5.69. The Morgan fingerprint density at radius 2 is 2.08 bits per heavy atom. The Bertz CT molecular complexity index is 505. The Labute approximate surface area is 153 Å². The highest BCUT2D eigenvalue weighted by atomic mass is 19.1. The average molecular weight is 369 g/mol. The Hall–Kier alpha value is -0.880. The van der Waals surface area contributed by atoms with Crippen LogP contribution in [0.2, 0.25) is 0 Å². The fraction of sp³-hybridized carbons (Fsp3) is 0.938. The molecular formula is C16H30FN8O-. The Morgan fingerprint density at radius 1 is 1.19 bits per heavy atom. The zero-order chi connectivity index (χ0) is 18.1. The molecule has 4 aliphatic heterocycles. The molecule has 0 spiro atoms. The smallest absolute Gasteiger partial charge is 0.226 e. The predicted molar refractivity (Wildman–Crippen MR) is 95.2 cm³/mol. The van der Waals surface area contributed by atoms with E-state index in [1.807, 2.05) is 0 Å². The molecule has 7 unspecified atom stereocenters. The van der Waals surface area contributed by atoms with Crippen LogP contribution in [-0.4, -0.2) is 74.7 Å². The molecule has 148 valence electrons. The van der Waals surface area contributed by atoms with Crippen LogP contribution in [0.3, 0.4) is 0 Å². The van der Waals surface area contributed by atoms with Gasteiger partial charge in [-0.2, -0.15) is 0 Å². The molecule has 7 N–H and O–H groups in total. The normalized spacial score (nSPS) is 44.5. The monoisotopic (exact) mass is 369 g/mol. The van der Waals surface area contributed by atoms with Gasteiger partial charge in [-0.15, -0.1) is 0 Å². The number of piperidine rings is 1. The maximum atomic E-state index is 13.6. The summed E-state index contributed by atoms with van der Waals surface area (Å²) < 4.78 is 13.6. The van der Waals surface area contributed by atoms with Crippen molar-refractivity contribution < 1.29 is 9.18 Å². The van der Waals surface area contributed by atoms with Gasteiger partial charge >= 0.3 is 0 Å². The van der Waals surface area contributed by atoms with Crippen LogP contribution in [0.25, 0.3) is 5.43 Å². The van der Waals surface area contributed by atoms with E-state index in [4.69, 9.17) is 5.73 Å². The lowest BCUT2D eigenvalue weighted by atomic mass is 9.79. The van der Waals surface area contributed by atoms with Gasteiger partial charge in [-0.3, -0.25) is 21.0 Å². The van der Waals surface area contributed by atoms with Crippen molar-refractivity contribution >= 4 is 5.91 Å². The summed E-state index contributed by atoms with van der Waals surface area (Å²) in [5.74, 6) is 0.410. The van der Waals surface area contributed by atoms with Crippen molar-refractivity contribution in [1.82, 2.24) is 31.8 Å². The molecule has 4 rings (SSSR count). The van der Waals surface area contributed by atoms with Crippen molar-refractivity contribution in [3.8, 4) is 0 Å². The van der Waals surface area contributed by atoms with Crippen LogP contribution in [0.1, 0.15) is 12.8 Å². The molecule has 10 heteroatoms. The largest absolute Gasteiger partial charge is 0.578 e. The number of carbonyl (C=O) groups excluding carboxylic acids is 1. The molecule has 4 fully saturated rings. The van der Waals surface area contributed by atoms with Crippen LogP contribution in [0, 0.1) is 17.8 Å². The second kappa shape index (κ2) is 8.01. The second-order valence-electron chi connectivity index (χ2n) is 7.83. The molecule has 0 aromatic carbocycles. The highest BCUT2D eigenvalue weighted by molar-refractivity contribution is 5.81. The third kappa shape index (κ3) is 3.72. The zero-order valence-electron chi connectivity index (χ0n) is 15.0. The lowest BCUT2D eigenvalue weighted by molar-refractivity contribution is -0.128. The van der Waals surface area contributed by atoms with Crippen molar-refractivity contribution in [2.45, 2.75) is 37.4 Å². The summed E-state index contributed by atoms with van der Waals surface area (Å²) in [6, 6.07) is 0.0833. The van der Waals surface area contributed by atoms with Crippen LogP contribution in [0.15, 0.2) is 0 Å². The molecule has 7 atom stereocenters. The fourth-order valence-electron chi connectivity index (χ4n) is 4.79. The van der Waals surface area contributed by atoms with Gasteiger partial charge in [-0.05, 0) is 31.2 Å². The minimum atomic E-state index is -0.983. The van der Waals surface area contributed by atoms with Gasteiger partial charge < -0.3 is 26.8 Å². The van der Waals surface area contributed by atoms with Gasteiger partial charge in [0.15, 0.2) is 0 Å². The molecule has 9 nitrogen and oxygen atoms in total.